The van der Waals surface area contributed by atoms with Gasteiger partial charge in [-0.25, -0.2) is 0 Å². The van der Waals surface area contributed by atoms with Gasteiger partial charge in [-0.05, 0) is 30.2 Å². The molecule has 0 bridgehead atoms. The van der Waals surface area contributed by atoms with Crippen molar-refractivity contribution in [3.63, 3.8) is 0 Å². The molecule has 0 saturated carbocycles. The molecule has 2 aromatic rings. The summed E-state index contributed by atoms with van der Waals surface area (Å²) in [6.07, 6.45) is 3.97. The second-order valence-corrected chi connectivity index (χ2v) is 6.89. The molecule has 0 unspecified atom stereocenters. The first kappa shape index (κ1) is 16.0. The molecule has 1 amide bonds. The Labute approximate surface area is 134 Å². The number of hydrogen-bond acceptors (Lipinski definition) is 3. The first-order chi connectivity index (χ1) is 10.2. The largest absolute Gasteiger partial charge is 0.313 e. The zero-order chi connectivity index (χ0) is 15.3. The van der Waals surface area contributed by atoms with E-state index in [9.17, 15) is 4.79 Å². The zero-order valence-electron chi connectivity index (χ0n) is 12.4. The van der Waals surface area contributed by atoms with Crippen molar-refractivity contribution in [1.29, 1.82) is 0 Å². The molecule has 110 valence electrons. The average Bonchev–Trinajstić information content (AvgIpc) is 2.57. The maximum Gasteiger partial charge on any atom is 0.257 e. The van der Waals surface area contributed by atoms with Crippen LogP contribution in [0.2, 0.25) is 0 Å². The van der Waals surface area contributed by atoms with E-state index in [0.29, 0.717) is 0 Å². The number of carbonyl (C=O) groups is 1. The second kappa shape index (κ2) is 7.05. The number of anilines is 1. The molecule has 21 heavy (non-hydrogen) atoms. The minimum absolute atomic E-state index is 0.0832. The minimum Gasteiger partial charge on any atom is -0.313 e. The van der Waals surface area contributed by atoms with Crippen molar-refractivity contribution in [2.75, 3.05) is 24.5 Å². The number of nitrogens with zero attached hydrogens (tertiary/aromatic N) is 1. The van der Waals surface area contributed by atoms with Crippen LogP contribution in [0.1, 0.15) is 5.56 Å². The molecular weight excluding hydrogens is 298 g/mol. The Kier molecular flexibility index (Phi) is 5.37. The molecule has 0 aliphatic heterocycles. The highest BCUT2D eigenvalue weighted by molar-refractivity contribution is 8.18. The van der Waals surface area contributed by atoms with E-state index in [0.717, 1.165) is 11.3 Å². The lowest BCUT2D eigenvalue weighted by atomic mass is 10.1. The standard InChI is InChI=1S/C17H19NOS2/c1-18(15-12-8-5-9-13-15)16(19)17(20-2,21-3)14-10-6-4-7-11-14/h4-13H,1-3H3. The quantitative estimate of drug-likeness (QED) is 0.770. The van der Waals surface area contributed by atoms with Crippen LogP contribution in [0, 0.1) is 0 Å². The smallest absolute Gasteiger partial charge is 0.257 e. The van der Waals surface area contributed by atoms with Gasteiger partial charge in [-0.15, -0.1) is 23.5 Å². The summed E-state index contributed by atoms with van der Waals surface area (Å²) in [6, 6.07) is 19.7. The van der Waals surface area contributed by atoms with Crippen LogP contribution in [0.25, 0.3) is 0 Å². The van der Waals surface area contributed by atoms with Gasteiger partial charge in [0.2, 0.25) is 0 Å². The zero-order valence-corrected chi connectivity index (χ0v) is 14.1. The lowest BCUT2D eigenvalue weighted by molar-refractivity contribution is -0.118. The van der Waals surface area contributed by atoms with Crippen LogP contribution in [-0.2, 0) is 8.87 Å². The Morgan fingerprint density at radius 1 is 0.905 bits per heavy atom. The average molecular weight is 317 g/mol. The fourth-order valence-electron chi connectivity index (χ4n) is 2.26. The van der Waals surface area contributed by atoms with Crippen molar-refractivity contribution in [1.82, 2.24) is 0 Å². The molecule has 0 radical (unpaired) electrons. The number of benzene rings is 2. The molecule has 2 rings (SSSR count). The number of carbonyl (C=O) groups excluding carboxylic acids is 1. The van der Waals surface area contributed by atoms with Crippen LogP contribution in [0.3, 0.4) is 0 Å². The van der Waals surface area contributed by atoms with Crippen LogP contribution >= 0.6 is 23.5 Å². The van der Waals surface area contributed by atoms with E-state index in [-0.39, 0.29) is 5.91 Å². The summed E-state index contributed by atoms with van der Waals surface area (Å²) in [5.41, 5.74) is 1.93. The Morgan fingerprint density at radius 3 is 1.86 bits per heavy atom. The predicted molar refractivity (Wildman–Crippen MR) is 95.0 cm³/mol. The lowest BCUT2D eigenvalue weighted by Gasteiger charge is -2.33. The Morgan fingerprint density at radius 2 is 1.38 bits per heavy atom. The highest BCUT2D eigenvalue weighted by Gasteiger charge is 2.41. The third-order valence-electron chi connectivity index (χ3n) is 3.46. The number of para-hydroxylation sites is 1. The third kappa shape index (κ3) is 3.11. The van der Waals surface area contributed by atoms with Gasteiger partial charge < -0.3 is 4.90 Å². The van der Waals surface area contributed by atoms with E-state index in [1.54, 1.807) is 28.4 Å². The highest BCUT2D eigenvalue weighted by atomic mass is 32.2. The molecule has 0 N–H and O–H groups in total. The van der Waals surface area contributed by atoms with Gasteiger partial charge in [0, 0.05) is 12.7 Å². The molecule has 4 heteroatoms. The van der Waals surface area contributed by atoms with Crippen molar-refractivity contribution >= 4 is 35.1 Å². The maximum atomic E-state index is 13.1. The first-order valence-electron chi connectivity index (χ1n) is 6.64. The monoisotopic (exact) mass is 317 g/mol. The molecule has 0 aliphatic rings. The van der Waals surface area contributed by atoms with Crippen LogP contribution in [-0.4, -0.2) is 25.5 Å². The van der Waals surface area contributed by atoms with Gasteiger partial charge >= 0.3 is 0 Å². The number of hydrogen-bond donors (Lipinski definition) is 0. The molecular formula is C17H19NOS2. The van der Waals surface area contributed by atoms with Crippen molar-refractivity contribution < 1.29 is 4.79 Å². The van der Waals surface area contributed by atoms with Crippen LogP contribution in [0.4, 0.5) is 5.69 Å². The van der Waals surface area contributed by atoms with Crippen molar-refractivity contribution in [2.24, 2.45) is 0 Å². The summed E-state index contributed by atoms with van der Waals surface area (Å²) in [7, 11) is 1.84. The SMILES string of the molecule is CSC(SC)(C(=O)N(C)c1ccccc1)c1ccccc1. The Balaban J connectivity index is 2.41. The van der Waals surface area contributed by atoms with E-state index >= 15 is 0 Å². The summed E-state index contributed by atoms with van der Waals surface area (Å²) >= 11 is 3.15. The Bertz CT molecular complexity index is 582. The number of thioether (sulfide) groups is 2. The van der Waals surface area contributed by atoms with Crippen LogP contribution in [0.15, 0.2) is 60.7 Å². The van der Waals surface area contributed by atoms with E-state index in [2.05, 4.69) is 0 Å². The van der Waals surface area contributed by atoms with Crippen molar-refractivity contribution in [3.05, 3.63) is 66.2 Å². The summed E-state index contributed by atoms with van der Waals surface area (Å²) in [4.78, 5) is 14.8. The molecule has 0 fully saturated rings. The second-order valence-electron chi connectivity index (χ2n) is 4.59. The lowest BCUT2D eigenvalue weighted by Crippen LogP contribution is -2.41. The molecule has 0 spiro atoms. The maximum absolute atomic E-state index is 13.1. The van der Waals surface area contributed by atoms with Crippen molar-refractivity contribution in [2.45, 2.75) is 4.08 Å². The van der Waals surface area contributed by atoms with Crippen molar-refractivity contribution in [3.8, 4) is 0 Å². The first-order valence-corrected chi connectivity index (χ1v) is 9.09. The van der Waals surface area contributed by atoms with Gasteiger partial charge in [-0.3, -0.25) is 4.79 Å². The molecule has 0 aromatic heterocycles. The van der Waals surface area contributed by atoms with Gasteiger partial charge in [-0.2, -0.15) is 0 Å². The van der Waals surface area contributed by atoms with E-state index in [4.69, 9.17) is 0 Å². The molecule has 0 aliphatic carbocycles. The van der Waals surface area contributed by atoms with Gasteiger partial charge in [0.25, 0.3) is 5.91 Å². The predicted octanol–water partition coefficient (Wildman–Crippen LogP) is 4.23. The van der Waals surface area contributed by atoms with Crippen LogP contribution in [0.5, 0.6) is 0 Å². The fourth-order valence-corrected chi connectivity index (χ4v) is 4.30. The summed E-state index contributed by atoms with van der Waals surface area (Å²) < 4.78 is -0.619. The minimum atomic E-state index is -0.619. The molecule has 2 nitrogen and oxygen atoms in total. The molecule has 0 heterocycles. The summed E-state index contributed by atoms with van der Waals surface area (Å²) in [5.74, 6) is 0.0832. The highest BCUT2D eigenvalue weighted by Crippen LogP contribution is 2.45. The van der Waals surface area contributed by atoms with Gasteiger partial charge in [0.1, 0.15) is 0 Å². The fraction of sp³-hybridized carbons (Fsp3) is 0.235. The van der Waals surface area contributed by atoms with Gasteiger partial charge in [0.05, 0.1) is 0 Å². The third-order valence-corrected chi connectivity index (χ3v) is 6.43. The summed E-state index contributed by atoms with van der Waals surface area (Å²) in [5, 5.41) is 0. The number of likely N-dealkylation sites (N-methyl/N-ethyl adjacent to an activating group) is 1. The van der Waals surface area contributed by atoms with Crippen LogP contribution < -0.4 is 4.90 Å². The molecule has 0 saturated heterocycles. The topological polar surface area (TPSA) is 20.3 Å². The molecule has 2 aromatic carbocycles. The number of amides is 1. The Hall–Kier alpha value is -1.39. The number of rotatable bonds is 5. The summed E-state index contributed by atoms with van der Waals surface area (Å²) in [6.45, 7) is 0. The van der Waals surface area contributed by atoms with Gasteiger partial charge in [0.15, 0.2) is 4.08 Å². The van der Waals surface area contributed by atoms with E-state index in [1.807, 2.05) is 80.2 Å². The van der Waals surface area contributed by atoms with E-state index < -0.39 is 4.08 Å². The van der Waals surface area contributed by atoms with E-state index in [1.165, 1.54) is 0 Å². The normalized spacial score (nSPS) is 11.2. The molecule has 0 atom stereocenters. The van der Waals surface area contributed by atoms with Gasteiger partial charge in [-0.1, -0.05) is 48.5 Å².